The van der Waals surface area contributed by atoms with Gasteiger partial charge in [-0.05, 0) is 42.6 Å². The lowest BCUT2D eigenvalue weighted by Gasteiger charge is -2.32. The summed E-state index contributed by atoms with van der Waals surface area (Å²) in [6, 6.07) is 14.5. The number of amides is 1. The molecule has 1 aliphatic rings. The molecule has 8 heteroatoms. The van der Waals surface area contributed by atoms with Gasteiger partial charge in [0.1, 0.15) is 0 Å². The summed E-state index contributed by atoms with van der Waals surface area (Å²) in [6.07, 6.45) is 1.75. The summed E-state index contributed by atoms with van der Waals surface area (Å²) in [5, 5.41) is 10.5. The second kappa shape index (κ2) is 10.0. The molecular formula is C26H30N6OS. The Morgan fingerprint density at radius 3 is 2.68 bits per heavy atom. The molecule has 0 spiro atoms. The lowest BCUT2D eigenvalue weighted by atomic mass is 10.1. The third kappa shape index (κ3) is 5.19. The Kier molecular flexibility index (Phi) is 6.71. The first-order valence-electron chi connectivity index (χ1n) is 11.7. The predicted octanol–water partition coefficient (Wildman–Crippen LogP) is 3.53. The lowest BCUT2D eigenvalue weighted by Crippen LogP contribution is -2.43. The number of likely N-dealkylation sites (N-methyl/N-ethyl adjacent to an activating group) is 1. The molecule has 5 rings (SSSR count). The van der Waals surface area contributed by atoms with Gasteiger partial charge in [0.05, 0.1) is 23.7 Å². The largest absolute Gasteiger partial charge is 0.348 e. The van der Waals surface area contributed by atoms with Crippen LogP contribution in [0.2, 0.25) is 0 Å². The van der Waals surface area contributed by atoms with Crippen LogP contribution in [0, 0.1) is 6.92 Å². The molecule has 1 N–H and O–H groups in total. The average molecular weight is 475 g/mol. The van der Waals surface area contributed by atoms with Gasteiger partial charge in [0.25, 0.3) is 5.91 Å². The maximum atomic E-state index is 13.2. The van der Waals surface area contributed by atoms with Crippen LogP contribution in [0.4, 0.5) is 0 Å². The van der Waals surface area contributed by atoms with E-state index in [0.717, 1.165) is 55.0 Å². The van der Waals surface area contributed by atoms with Gasteiger partial charge in [-0.3, -0.25) is 9.69 Å². The summed E-state index contributed by atoms with van der Waals surface area (Å²) in [5.74, 6) is -0.101. The number of rotatable bonds is 7. The van der Waals surface area contributed by atoms with E-state index in [9.17, 15) is 4.79 Å². The Morgan fingerprint density at radius 2 is 1.88 bits per heavy atom. The topological polar surface area (TPSA) is 66.3 Å². The zero-order chi connectivity index (χ0) is 23.5. The number of nitrogens with zero attached hydrogens (tertiary/aromatic N) is 5. The third-order valence-corrected chi connectivity index (χ3v) is 7.18. The van der Waals surface area contributed by atoms with Crippen molar-refractivity contribution in [3.63, 3.8) is 0 Å². The van der Waals surface area contributed by atoms with Gasteiger partial charge in [-0.2, -0.15) is 5.10 Å². The Labute approximate surface area is 204 Å². The number of nitrogens with one attached hydrogen (secondary N) is 1. The fourth-order valence-corrected chi connectivity index (χ4v) is 5.09. The van der Waals surface area contributed by atoms with E-state index in [2.05, 4.69) is 68.0 Å². The number of aryl methyl sites for hydroxylation is 1. The molecule has 1 aromatic carbocycles. The van der Waals surface area contributed by atoms with Gasteiger partial charge >= 0.3 is 0 Å². The standard InChI is InChI=1S/C26H30N6OS/c1-19-13-23(24-16-28-32(25(24)29-19)18-22-7-4-12-34-22)26(33)27-15-20-5-3-6-21(14-20)17-31-10-8-30(2)9-11-31/h3-7,12-14,16H,8-11,15,17-18H2,1-2H3,(H,27,33). The molecule has 0 atom stereocenters. The summed E-state index contributed by atoms with van der Waals surface area (Å²) < 4.78 is 1.87. The Morgan fingerprint density at radius 1 is 1.06 bits per heavy atom. The van der Waals surface area contributed by atoms with Crippen LogP contribution in [0.15, 0.2) is 54.0 Å². The Balaban J connectivity index is 1.27. The quantitative estimate of drug-likeness (QED) is 0.444. The molecule has 1 amide bonds. The zero-order valence-corrected chi connectivity index (χ0v) is 20.5. The zero-order valence-electron chi connectivity index (χ0n) is 19.7. The predicted molar refractivity (Wildman–Crippen MR) is 136 cm³/mol. The summed E-state index contributed by atoms with van der Waals surface area (Å²) in [7, 11) is 2.17. The summed E-state index contributed by atoms with van der Waals surface area (Å²) >= 11 is 1.69. The summed E-state index contributed by atoms with van der Waals surface area (Å²) in [4.78, 5) is 23.9. The van der Waals surface area contributed by atoms with E-state index in [1.807, 2.05) is 23.7 Å². The molecule has 0 bridgehead atoms. The molecule has 176 valence electrons. The van der Waals surface area contributed by atoms with Crippen LogP contribution >= 0.6 is 11.3 Å². The van der Waals surface area contributed by atoms with Gasteiger partial charge in [0.15, 0.2) is 5.65 Å². The van der Waals surface area contributed by atoms with Crippen molar-refractivity contribution in [2.45, 2.75) is 26.6 Å². The van der Waals surface area contributed by atoms with E-state index in [-0.39, 0.29) is 5.91 Å². The molecule has 0 saturated carbocycles. The van der Waals surface area contributed by atoms with Crippen molar-refractivity contribution in [1.82, 2.24) is 29.9 Å². The second-order valence-corrected chi connectivity index (χ2v) is 10.0. The average Bonchev–Trinajstić information content (AvgIpc) is 3.49. The number of piperazine rings is 1. The number of fused-ring (bicyclic) bond motifs is 1. The highest BCUT2D eigenvalue weighted by atomic mass is 32.1. The number of benzene rings is 1. The van der Waals surface area contributed by atoms with Crippen molar-refractivity contribution in [1.29, 1.82) is 0 Å². The van der Waals surface area contributed by atoms with E-state index in [1.54, 1.807) is 17.5 Å². The normalized spacial score (nSPS) is 15.1. The third-order valence-electron chi connectivity index (χ3n) is 6.31. The summed E-state index contributed by atoms with van der Waals surface area (Å²) in [6.45, 7) is 8.41. The van der Waals surface area contributed by atoms with Crippen molar-refractivity contribution in [2.75, 3.05) is 33.2 Å². The minimum Gasteiger partial charge on any atom is -0.348 e. The fourth-order valence-electron chi connectivity index (χ4n) is 4.41. The van der Waals surface area contributed by atoms with Crippen LogP contribution in [0.5, 0.6) is 0 Å². The number of aromatic nitrogens is 3. The molecule has 0 radical (unpaired) electrons. The van der Waals surface area contributed by atoms with E-state index in [4.69, 9.17) is 0 Å². The molecule has 4 heterocycles. The molecule has 1 saturated heterocycles. The minimum absolute atomic E-state index is 0.101. The highest BCUT2D eigenvalue weighted by molar-refractivity contribution is 7.09. The second-order valence-electron chi connectivity index (χ2n) is 9.01. The van der Waals surface area contributed by atoms with Gasteiger partial charge in [0.2, 0.25) is 0 Å². The molecule has 34 heavy (non-hydrogen) atoms. The smallest absolute Gasteiger partial charge is 0.252 e. The first kappa shape index (κ1) is 22.7. The van der Waals surface area contributed by atoms with Crippen LogP contribution in [-0.4, -0.2) is 63.7 Å². The van der Waals surface area contributed by atoms with Crippen LogP contribution in [0.25, 0.3) is 11.0 Å². The van der Waals surface area contributed by atoms with Crippen LogP contribution in [-0.2, 0) is 19.6 Å². The van der Waals surface area contributed by atoms with Gasteiger partial charge < -0.3 is 10.2 Å². The van der Waals surface area contributed by atoms with Gasteiger partial charge in [-0.15, -0.1) is 11.3 Å². The Bertz CT molecular complexity index is 1270. The first-order chi connectivity index (χ1) is 16.5. The van der Waals surface area contributed by atoms with Gasteiger partial charge in [-0.1, -0.05) is 30.3 Å². The number of carbonyl (C=O) groups excluding carboxylic acids is 1. The summed E-state index contributed by atoms with van der Waals surface area (Å²) in [5.41, 5.74) is 4.56. The monoisotopic (exact) mass is 474 g/mol. The van der Waals surface area contributed by atoms with E-state index in [0.29, 0.717) is 18.7 Å². The van der Waals surface area contributed by atoms with Crippen LogP contribution in [0.1, 0.15) is 32.1 Å². The SMILES string of the molecule is Cc1cc(C(=O)NCc2cccc(CN3CCN(C)CC3)c2)c2cnn(Cc3cccs3)c2n1. The van der Waals surface area contributed by atoms with Crippen LogP contribution in [0.3, 0.4) is 0 Å². The van der Waals surface area contributed by atoms with Crippen molar-refractivity contribution in [3.8, 4) is 0 Å². The molecule has 1 fully saturated rings. The first-order valence-corrected chi connectivity index (χ1v) is 12.6. The van der Waals surface area contributed by atoms with E-state index < -0.39 is 0 Å². The van der Waals surface area contributed by atoms with Gasteiger partial charge in [-0.25, -0.2) is 9.67 Å². The molecular weight excluding hydrogens is 444 g/mol. The minimum atomic E-state index is -0.101. The van der Waals surface area contributed by atoms with Crippen molar-refractivity contribution in [3.05, 3.63) is 81.3 Å². The van der Waals surface area contributed by atoms with Crippen molar-refractivity contribution >= 4 is 28.3 Å². The number of carbonyl (C=O) groups is 1. The number of hydrogen-bond donors (Lipinski definition) is 1. The lowest BCUT2D eigenvalue weighted by molar-refractivity contribution is 0.0952. The molecule has 0 unspecified atom stereocenters. The van der Waals surface area contributed by atoms with Gasteiger partial charge in [0, 0.05) is 49.8 Å². The number of pyridine rings is 1. The Hall–Kier alpha value is -3.07. The number of hydrogen-bond acceptors (Lipinski definition) is 6. The van der Waals surface area contributed by atoms with E-state index in [1.165, 1.54) is 10.4 Å². The molecule has 1 aliphatic heterocycles. The van der Waals surface area contributed by atoms with Crippen molar-refractivity contribution in [2.24, 2.45) is 0 Å². The van der Waals surface area contributed by atoms with Crippen LogP contribution < -0.4 is 5.32 Å². The number of thiophene rings is 1. The molecule has 7 nitrogen and oxygen atoms in total. The van der Waals surface area contributed by atoms with E-state index >= 15 is 0 Å². The maximum absolute atomic E-state index is 13.2. The molecule has 3 aromatic heterocycles. The fraction of sp³-hybridized carbons (Fsp3) is 0.346. The highest BCUT2D eigenvalue weighted by Crippen LogP contribution is 2.21. The maximum Gasteiger partial charge on any atom is 0.252 e. The van der Waals surface area contributed by atoms with Crippen molar-refractivity contribution < 1.29 is 4.79 Å². The highest BCUT2D eigenvalue weighted by Gasteiger charge is 2.17. The molecule has 4 aromatic rings. The molecule has 0 aliphatic carbocycles.